The topological polar surface area (TPSA) is 95.7 Å². The van der Waals surface area contributed by atoms with Gasteiger partial charge >= 0.3 is 0 Å². The third-order valence-electron chi connectivity index (χ3n) is 2.12. The summed E-state index contributed by atoms with van der Waals surface area (Å²) in [4.78, 5) is 0.928. The molecule has 7 nitrogen and oxygen atoms in total. The van der Waals surface area contributed by atoms with E-state index in [9.17, 15) is 0 Å². The summed E-state index contributed by atoms with van der Waals surface area (Å²) in [6.45, 7) is 0. The fourth-order valence-corrected chi connectivity index (χ4v) is 3.28. The maximum absolute atomic E-state index is 5.60. The number of rotatable bonds is 4. The molecule has 0 radical (unpaired) electrons. The van der Waals surface area contributed by atoms with Crippen LogP contribution in [0, 0.1) is 0 Å². The summed E-state index contributed by atoms with van der Waals surface area (Å²) in [6, 6.07) is 3.87. The van der Waals surface area contributed by atoms with Crippen molar-refractivity contribution in [3.05, 3.63) is 28.1 Å². The summed E-state index contributed by atoms with van der Waals surface area (Å²) in [5.41, 5.74) is 0. The molecule has 10 heteroatoms. The summed E-state index contributed by atoms with van der Waals surface area (Å²) in [5, 5.41) is 16.1. The first-order valence-corrected chi connectivity index (χ1v) is 7.68. The van der Waals surface area contributed by atoms with Crippen LogP contribution in [0.15, 0.2) is 31.8 Å². The Morgan fingerprint density at radius 3 is 2.95 bits per heavy atom. The molecule has 3 heterocycles. The number of hydrogen-bond donors (Lipinski definition) is 1. The summed E-state index contributed by atoms with van der Waals surface area (Å²) in [7, 11) is 0. The molecule has 19 heavy (non-hydrogen) atoms. The first kappa shape index (κ1) is 12.6. The lowest BCUT2D eigenvalue weighted by Gasteiger charge is -1.95. The minimum atomic E-state index is 0.495. The highest BCUT2D eigenvalue weighted by atomic mass is 79.9. The van der Waals surface area contributed by atoms with Gasteiger partial charge in [0.05, 0.1) is 14.4 Å². The van der Waals surface area contributed by atoms with Crippen LogP contribution in [-0.4, -0.2) is 25.1 Å². The van der Waals surface area contributed by atoms with E-state index in [1.54, 1.807) is 0 Å². The number of halogens is 1. The zero-order valence-electron chi connectivity index (χ0n) is 9.36. The Kier molecular flexibility index (Phi) is 3.53. The van der Waals surface area contributed by atoms with Crippen LogP contribution < -0.4 is 5.84 Å². The van der Waals surface area contributed by atoms with Crippen molar-refractivity contribution in [1.29, 1.82) is 0 Å². The molecule has 0 unspecified atom stereocenters. The maximum atomic E-state index is 5.60. The Morgan fingerprint density at radius 2 is 2.26 bits per heavy atom. The molecule has 0 bridgehead atoms. The lowest BCUT2D eigenvalue weighted by molar-refractivity contribution is 0.529. The number of thiophene rings is 1. The second kappa shape index (κ2) is 5.31. The van der Waals surface area contributed by atoms with Crippen molar-refractivity contribution in [3.8, 4) is 10.8 Å². The van der Waals surface area contributed by atoms with E-state index in [4.69, 9.17) is 10.3 Å². The van der Waals surface area contributed by atoms with Gasteiger partial charge in [0.15, 0.2) is 0 Å². The number of nitrogens with zero attached hydrogens (tertiary/aromatic N) is 5. The van der Waals surface area contributed by atoms with Gasteiger partial charge in [-0.1, -0.05) is 11.8 Å². The smallest absolute Gasteiger partial charge is 0.257 e. The third-order valence-corrected chi connectivity index (χ3v) is 4.67. The van der Waals surface area contributed by atoms with Crippen LogP contribution in [0.3, 0.4) is 0 Å². The Balaban J connectivity index is 1.70. The predicted octanol–water partition coefficient (Wildman–Crippen LogP) is 2.16. The quantitative estimate of drug-likeness (QED) is 0.563. The normalized spacial score (nSPS) is 11.0. The Morgan fingerprint density at radius 1 is 1.37 bits per heavy atom. The molecule has 3 rings (SSSR count). The fourth-order valence-electron chi connectivity index (χ4n) is 1.30. The molecule has 3 aromatic rings. The minimum absolute atomic E-state index is 0.495. The molecule has 0 aromatic carbocycles. The molecule has 0 aliphatic carbocycles. The van der Waals surface area contributed by atoms with Crippen molar-refractivity contribution in [2.24, 2.45) is 0 Å². The molecule has 0 aliphatic heterocycles. The van der Waals surface area contributed by atoms with Gasteiger partial charge in [-0.2, -0.15) is 0 Å². The Labute approximate surface area is 124 Å². The predicted molar refractivity (Wildman–Crippen MR) is 75.0 cm³/mol. The van der Waals surface area contributed by atoms with Gasteiger partial charge in [-0.05, 0) is 28.1 Å². The number of nitrogens with two attached hydrogens (primary N) is 1. The number of aromatic nitrogens is 5. The Bertz CT molecular complexity index is 692. The molecular weight excluding hydrogens is 352 g/mol. The lowest BCUT2D eigenvalue weighted by Crippen LogP contribution is -2.07. The van der Waals surface area contributed by atoms with Gasteiger partial charge in [-0.3, -0.25) is 0 Å². The van der Waals surface area contributed by atoms with Crippen molar-refractivity contribution < 1.29 is 4.42 Å². The molecule has 0 saturated carbocycles. The zero-order valence-corrected chi connectivity index (χ0v) is 12.6. The maximum Gasteiger partial charge on any atom is 0.257 e. The van der Waals surface area contributed by atoms with E-state index in [-0.39, 0.29) is 0 Å². The van der Waals surface area contributed by atoms with Gasteiger partial charge in [-0.25, -0.2) is 4.68 Å². The molecular formula is C9H7BrN6OS2. The lowest BCUT2D eigenvalue weighted by atomic mass is 10.5. The molecule has 3 aromatic heterocycles. The zero-order chi connectivity index (χ0) is 13.2. The summed E-state index contributed by atoms with van der Waals surface area (Å²) in [5.74, 6) is 7.14. The Hall–Kier alpha value is -1.39. The van der Waals surface area contributed by atoms with Crippen LogP contribution in [0.1, 0.15) is 5.89 Å². The van der Waals surface area contributed by atoms with E-state index in [0.29, 0.717) is 22.7 Å². The first-order chi connectivity index (χ1) is 9.22. The van der Waals surface area contributed by atoms with Gasteiger partial charge in [0, 0.05) is 0 Å². The average molecular weight is 359 g/mol. The molecule has 0 atom stereocenters. The molecule has 2 N–H and O–H groups in total. The van der Waals surface area contributed by atoms with Crippen LogP contribution >= 0.6 is 39.0 Å². The van der Waals surface area contributed by atoms with Crippen molar-refractivity contribution in [1.82, 2.24) is 25.1 Å². The largest absolute Gasteiger partial charge is 0.419 e. The van der Waals surface area contributed by atoms with Crippen molar-refractivity contribution in [3.63, 3.8) is 0 Å². The van der Waals surface area contributed by atoms with Gasteiger partial charge in [0.1, 0.15) is 6.33 Å². The second-order valence-corrected chi connectivity index (χ2v) is 6.82. The van der Waals surface area contributed by atoms with Crippen LogP contribution in [-0.2, 0) is 5.75 Å². The average Bonchev–Trinajstić information content (AvgIpc) is 3.08. The molecule has 0 aliphatic rings. The minimum Gasteiger partial charge on any atom is -0.419 e. The number of hydrogen-bond acceptors (Lipinski definition) is 8. The van der Waals surface area contributed by atoms with E-state index >= 15 is 0 Å². The highest BCUT2D eigenvalue weighted by molar-refractivity contribution is 9.11. The van der Waals surface area contributed by atoms with Crippen molar-refractivity contribution in [2.45, 2.75) is 10.9 Å². The standard InChI is InChI=1S/C9H7BrN6OS2/c10-6-2-1-5(19-6)8-14-13-7(17-8)3-18-9-15-12-4-16(9)11/h1-2,4H,3,11H2. The molecule has 0 spiro atoms. The van der Waals surface area contributed by atoms with Gasteiger partial charge in [-0.15, -0.1) is 31.7 Å². The van der Waals surface area contributed by atoms with Crippen LogP contribution in [0.5, 0.6) is 0 Å². The van der Waals surface area contributed by atoms with Crippen molar-refractivity contribution >= 4 is 39.0 Å². The van der Waals surface area contributed by atoms with Crippen LogP contribution in [0.25, 0.3) is 10.8 Å². The highest BCUT2D eigenvalue weighted by Crippen LogP contribution is 2.31. The first-order valence-electron chi connectivity index (χ1n) is 5.08. The monoisotopic (exact) mass is 358 g/mol. The van der Waals surface area contributed by atoms with E-state index in [1.165, 1.54) is 34.1 Å². The number of nitrogen functional groups attached to an aromatic ring is 1. The van der Waals surface area contributed by atoms with E-state index < -0.39 is 0 Å². The summed E-state index contributed by atoms with van der Waals surface area (Å²) < 4.78 is 7.94. The third kappa shape index (κ3) is 2.80. The van der Waals surface area contributed by atoms with E-state index in [1.807, 2.05) is 12.1 Å². The highest BCUT2D eigenvalue weighted by Gasteiger charge is 2.12. The van der Waals surface area contributed by atoms with Crippen LogP contribution in [0.2, 0.25) is 0 Å². The second-order valence-electron chi connectivity index (χ2n) is 3.41. The molecule has 0 fully saturated rings. The van der Waals surface area contributed by atoms with Crippen LogP contribution in [0.4, 0.5) is 0 Å². The summed E-state index contributed by atoms with van der Waals surface area (Å²) in [6.07, 6.45) is 1.44. The fraction of sp³-hybridized carbons (Fsp3) is 0.111. The summed E-state index contributed by atoms with van der Waals surface area (Å²) >= 11 is 6.32. The number of thioether (sulfide) groups is 1. The molecule has 98 valence electrons. The van der Waals surface area contributed by atoms with E-state index in [0.717, 1.165) is 8.66 Å². The van der Waals surface area contributed by atoms with Gasteiger partial charge in [0.25, 0.3) is 5.89 Å². The van der Waals surface area contributed by atoms with E-state index in [2.05, 4.69) is 36.3 Å². The van der Waals surface area contributed by atoms with Crippen molar-refractivity contribution in [2.75, 3.05) is 5.84 Å². The SMILES string of the molecule is Nn1cnnc1SCc1nnc(-c2ccc(Br)s2)o1. The van der Waals surface area contributed by atoms with Gasteiger partial charge < -0.3 is 10.3 Å². The van der Waals surface area contributed by atoms with Gasteiger partial charge in [0.2, 0.25) is 11.0 Å². The molecule has 0 saturated heterocycles. The molecule has 0 amide bonds.